The van der Waals surface area contributed by atoms with Crippen molar-refractivity contribution >= 4 is 23.5 Å². The van der Waals surface area contributed by atoms with E-state index in [2.05, 4.69) is 10.6 Å². The maximum atomic E-state index is 12.2. The van der Waals surface area contributed by atoms with Crippen molar-refractivity contribution in [3.63, 3.8) is 0 Å². The van der Waals surface area contributed by atoms with Gasteiger partial charge in [0.25, 0.3) is 0 Å². The quantitative estimate of drug-likeness (QED) is 0.367. The van der Waals surface area contributed by atoms with Gasteiger partial charge in [-0.2, -0.15) is 0 Å². The third-order valence-corrected chi connectivity index (χ3v) is 3.61. The van der Waals surface area contributed by atoms with Crippen LogP contribution in [0.1, 0.15) is 27.2 Å². The zero-order valence-electron chi connectivity index (χ0n) is 16.8. The van der Waals surface area contributed by atoms with E-state index >= 15 is 0 Å². The fraction of sp³-hybridized carbons (Fsp3) is 0.526. The highest BCUT2D eigenvalue weighted by Crippen LogP contribution is 2.32. The zero-order chi connectivity index (χ0) is 21.8. The topological polar surface area (TPSA) is 143 Å². The van der Waals surface area contributed by atoms with Crippen LogP contribution in [0.3, 0.4) is 0 Å². The summed E-state index contributed by atoms with van der Waals surface area (Å²) in [5, 5.41) is 20.9. The number of anilines is 1. The normalized spacial score (nSPS) is 13.1. The maximum Gasteiger partial charge on any atom is 0.414 e. The largest absolute Gasteiger partial charge is 0.486 e. The predicted octanol–water partition coefficient (Wildman–Crippen LogP) is 1.35. The van der Waals surface area contributed by atoms with Crippen LogP contribution >= 0.6 is 0 Å². The van der Waals surface area contributed by atoms with Gasteiger partial charge in [-0.25, -0.2) is 9.59 Å². The molecule has 0 aliphatic carbocycles. The summed E-state index contributed by atoms with van der Waals surface area (Å²) in [4.78, 5) is 30.4. The van der Waals surface area contributed by atoms with Gasteiger partial charge in [-0.05, 0) is 45.9 Å². The lowest BCUT2D eigenvalue weighted by molar-refractivity contribution is -0.159. The molecule has 1 aromatic rings. The van der Waals surface area contributed by atoms with Crippen molar-refractivity contribution < 1.29 is 38.8 Å². The van der Waals surface area contributed by atoms with E-state index in [0.29, 0.717) is 37.0 Å². The molecular weight excluding hydrogens is 384 g/mol. The SMILES string of the molecule is CC(C)OCCCNC(C)C(=O)Nc1ccc2c(c1)OCCO2.O=C(O)C(=O)O. The van der Waals surface area contributed by atoms with E-state index in [1.165, 1.54) is 0 Å². The molecule has 0 saturated carbocycles. The number of hydrogen-bond acceptors (Lipinski definition) is 7. The summed E-state index contributed by atoms with van der Waals surface area (Å²) >= 11 is 0. The van der Waals surface area contributed by atoms with Crippen LogP contribution in [0.4, 0.5) is 5.69 Å². The molecule has 1 amide bonds. The lowest BCUT2D eigenvalue weighted by Crippen LogP contribution is -2.38. The third-order valence-electron chi connectivity index (χ3n) is 3.61. The van der Waals surface area contributed by atoms with Gasteiger partial charge in [-0.1, -0.05) is 0 Å². The van der Waals surface area contributed by atoms with Gasteiger partial charge >= 0.3 is 11.9 Å². The van der Waals surface area contributed by atoms with Gasteiger partial charge in [-0.15, -0.1) is 0 Å². The van der Waals surface area contributed by atoms with Crippen LogP contribution in [-0.4, -0.2) is 66.6 Å². The second kappa shape index (κ2) is 12.6. The van der Waals surface area contributed by atoms with Gasteiger partial charge in [0, 0.05) is 18.4 Å². The summed E-state index contributed by atoms with van der Waals surface area (Å²) in [6, 6.07) is 5.14. The standard InChI is InChI=1S/C17H26N2O4.C2H2O4/c1-12(2)21-8-4-7-18-13(3)17(20)19-14-5-6-15-16(11-14)23-10-9-22-15;3-1(4)2(5)6/h5-6,11-13,18H,4,7-10H2,1-3H3,(H,19,20);(H,3,4)(H,5,6). The van der Waals surface area contributed by atoms with Crippen LogP contribution in [0.5, 0.6) is 11.5 Å². The average Bonchev–Trinajstić information content (AvgIpc) is 2.67. The van der Waals surface area contributed by atoms with E-state index in [0.717, 1.165) is 13.0 Å². The Bertz CT molecular complexity index is 681. The smallest absolute Gasteiger partial charge is 0.414 e. The molecule has 0 saturated heterocycles. The molecule has 0 bridgehead atoms. The number of hydrogen-bond donors (Lipinski definition) is 4. The summed E-state index contributed by atoms with van der Waals surface area (Å²) in [5.41, 5.74) is 0.705. The summed E-state index contributed by atoms with van der Waals surface area (Å²) in [6.45, 7) is 8.38. The van der Waals surface area contributed by atoms with Crippen LogP contribution in [-0.2, 0) is 19.1 Å². The van der Waals surface area contributed by atoms with Crippen LogP contribution in [0.25, 0.3) is 0 Å². The van der Waals surface area contributed by atoms with E-state index in [1.54, 1.807) is 6.07 Å². The number of benzene rings is 1. The highest BCUT2D eigenvalue weighted by molar-refractivity contribution is 6.27. The molecule has 10 nitrogen and oxygen atoms in total. The minimum Gasteiger partial charge on any atom is -0.486 e. The molecule has 1 heterocycles. The minimum absolute atomic E-state index is 0.0774. The van der Waals surface area contributed by atoms with Crippen molar-refractivity contribution in [1.82, 2.24) is 5.32 Å². The van der Waals surface area contributed by atoms with Crippen LogP contribution < -0.4 is 20.1 Å². The monoisotopic (exact) mass is 412 g/mol. The van der Waals surface area contributed by atoms with E-state index in [4.69, 9.17) is 34.0 Å². The lowest BCUT2D eigenvalue weighted by atomic mass is 10.2. The maximum absolute atomic E-state index is 12.2. The number of aliphatic carboxylic acids is 2. The molecule has 0 spiro atoms. The molecule has 1 unspecified atom stereocenters. The van der Waals surface area contributed by atoms with Crippen molar-refractivity contribution in [1.29, 1.82) is 0 Å². The Labute approximate surface area is 169 Å². The number of ether oxygens (including phenoxy) is 3. The Kier molecular flexibility index (Phi) is 10.5. The summed E-state index contributed by atoms with van der Waals surface area (Å²) < 4.78 is 16.4. The second-order valence-electron chi connectivity index (χ2n) is 6.41. The van der Waals surface area contributed by atoms with Crippen LogP contribution in [0.2, 0.25) is 0 Å². The fourth-order valence-corrected chi connectivity index (χ4v) is 2.17. The fourth-order valence-electron chi connectivity index (χ4n) is 2.17. The molecule has 2 rings (SSSR count). The molecule has 4 N–H and O–H groups in total. The van der Waals surface area contributed by atoms with Gasteiger partial charge in [0.2, 0.25) is 5.91 Å². The predicted molar refractivity (Wildman–Crippen MR) is 105 cm³/mol. The Hall–Kier alpha value is -2.85. The molecule has 0 fully saturated rings. The third kappa shape index (κ3) is 9.77. The number of amides is 1. The molecule has 1 aliphatic heterocycles. The first-order valence-electron chi connectivity index (χ1n) is 9.22. The Morgan fingerprint density at radius 1 is 1.07 bits per heavy atom. The highest BCUT2D eigenvalue weighted by Gasteiger charge is 2.15. The first-order chi connectivity index (χ1) is 13.7. The van der Waals surface area contributed by atoms with Crippen LogP contribution in [0, 0.1) is 0 Å². The van der Waals surface area contributed by atoms with Gasteiger partial charge < -0.3 is 35.1 Å². The van der Waals surface area contributed by atoms with E-state index < -0.39 is 11.9 Å². The molecule has 1 aromatic carbocycles. The lowest BCUT2D eigenvalue weighted by Gasteiger charge is -2.19. The summed E-state index contributed by atoms with van der Waals surface area (Å²) in [6.07, 6.45) is 1.12. The molecule has 1 atom stereocenters. The van der Waals surface area contributed by atoms with Gasteiger partial charge in [0.1, 0.15) is 13.2 Å². The van der Waals surface area contributed by atoms with Gasteiger partial charge in [0.15, 0.2) is 11.5 Å². The summed E-state index contributed by atoms with van der Waals surface area (Å²) in [5.74, 6) is -2.34. The molecule has 162 valence electrons. The molecule has 0 aromatic heterocycles. The number of carbonyl (C=O) groups excluding carboxylic acids is 1. The van der Waals surface area contributed by atoms with Crippen molar-refractivity contribution in [3.8, 4) is 11.5 Å². The number of carboxylic acids is 2. The van der Waals surface area contributed by atoms with Gasteiger partial charge in [-0.3, -0.25) is 4.79 Å². The average molecular weight is 412 g/mol. The van der Waals surface area contributed by atoms with Crippen molar-refractivity contribution in [2.75, 3.05) is 31.7 Å². The molecular formula is C19H28N2O8. The van der Waals surface area contributed by atoms with Crippen molar-refractivity contribution in [3.05, 3.63) is 18.2 Å². The molecule has 1 aliphatic rings. The van der Waals surface area contributed by atoms with E-state index in [9.17, 15) is 4.79 Å². The number of carbonyl (C=O) groups is 3. The number of rotatable bonds is 8. The second-order valence-corrected chi connectivity index (χ2v) is 6.41. The van der Waals surface area contributed by atoms with Crippen LogP contribution in [0.15, 0.2) is 18.2 Å². The van der Waals surface area contributed by atoms with E-state index in [-0.39, 0.29) is 18.1 Å². The first-order valence-corrected chi connectivity index (χ1v) is 9.22. The Morgan fingerprint density at radius 3 is 2.28 bits per heavy atom. The Morgan fingerprint density at radius 2 is 1.69 bits per heavy atom. The summed E-state index contributed by atoms with van der Waals surface area (Å²) in [7, 11) is 0. The van der Waals surface area contributed by atoms with Gasteiger partial charge in [0.05, 0.1) is 12.1 Å². The van der Waals surface area contributed by atoms with Crippen molar-refractivity contribution in [2.24, 2.45) is 0 Å². The Balaban J connectivity index is 0.000000612. The van der Waals surface area contributed by atoms with Crippen molar-refractivity contribution in [2.45, 2.75) is 39.3 Å². The number of fused-ring (bicyclic) bond motifs is 1. The minimum atomic E-state index is -1.82. The highest BCUT2D eigenvalue weighted by atomic mass is 16.6. The number of carboxylic acid groups (broad SMARTS) is 2. The first kappa shape index (κ1) is 24.2. The molecule has 0 radical (unpaired) electrons. The zero-order valence-corrected chi connectivity index (χ0v) is 16.8. The number of nitrogens with one attached hydrogen (secondary N) is 2. The molecule has 29 heavy (non-hydrogen) atoms. The molecule has 10 heteroatoms. The van der Waals surface area contributed by atoms with E-state index in [1.807, 2.05) is 32.9 Å².